The first kappa shape index (κ1) is 6.96. The zero-order chi connectivity index (χ0) is 5.91. The van der Waals surface area contributed by atoms with Crippen molar-refractivity contribution in [2.24, 2.45) is 0 Å². The van der Waals surface area contributed by atoms with Gasteiger partial charge in [0.15, 0.2) is 0 Å². The molecule has 0 unspecified atom stereocenters. The zero-order valence-electron chi connectivity index (χ0n) is 5.41. The molecule has 0 rings (SSSR count). The van der Waals surface area contributed by atoms with E-state index in [4.69, 9.17) is 0 Å². The molecule has 0 aromatic carbocycles. The largest absolute Gasteiger partial charge is 0.311 e. The SMILES string of the molecule is [CH2]NC(C)(C)CC. The number of hydrogen-bond donors (Lipinski definition) is 1. The summed E-state index contributed by atoms with van der Waals surface area (Å²) in [5.74, 6) is 0. The predicted molar refractivity (Wildman–Crippen MR) is 32.9 cm³/mol. The fourth-order valence-corrected chi connectivity index (χ4v) is 0.125. The fourth-order valence-electron chi connectivity index (χ4n) is 0.125. The molecular formula is C6H14N. The van der Waals surface area contributed by atoms with E-state index in [1.165, 1.54) is 0 Å². The Bertz CT molecular complexity index is 42.1. The van der Waals surface area contributed by atoms with Gasteiger partial charge in [0.05, 0.1) is 0 Å². The Hall–Kier alpha value is -0.0400. The van der Waals surface area contributed by atoms with Gasteiger partial charge < -0.3 is 5.32 Å². The Morgan fingerprint density at radius 3 is 2.00 bits per heavy atom. The first-order valence-electron chi connectivity index (χ1n) is 2.66. The van der Waals surface area contributed by atoms with Crippen LogP contribution < -0.4 is 5.32 Å². The Labute approximate surface area is 46.1 Å². The summed E-state index contributed by atoms with van der Waals surface area (Å²) < 4.78 is 0. The molecule has 7 heavy (non-hydrogen) atoms. The lowest BCUT2D eigenvalue weighted by Gasteiger charge is -2.20. The van der Waals surface area contributed by atoms with Crippen molar-refractivity contribution in [3.8, 4) is 0 Å². The summed E-state index contributed by atoms with van der Waals surface area (Å²) in [6.07, 6.45) is 1.12. The molecule has 0 aromatic heterocycles. The monoisotopic (exact) mass is 100 g/mol. The summed E-state index contributed by atoms with van der Waals surface area (Å²) >= 11 is 0. The van der Waals surface area contributed by atoms with Gasteiger partial charge in [0.2, 0.25) is 0 Å². The van der Waals surface area contributed by atoms with Crippen molar-refractivity contribution in [1.82, 2.24) is 5.32 Å². The van der Waals surface area contributed by atoms with Gasteiger partial charge in [0.1, 0.15) is 0 Å². The molecule has 1 heteroatoms. The Kier molecular flexibility index (Phi) is 2.30. The van der Waals surface area contributed by atoms with Crippen LogP contribution in [0.1, 0.15) is 27.2 Å². The highest BCUT2D eigenvalue weighted by Crippen LogP contribution is 2.04. The molecule has 0 spiro atoms. The molecule has 0 heterocycles. The molecule has 1 N–H and O–H groups in total. The lowest BCUT2D eigenvalue weighted by Crippen LogP contribution is -2.33. The summed E-state index contributed by atoms with van der Waals surface area (Å²) in [4.78, 5) is 0. The van der Waals surface area contributed by atoms with Gasteiger partial charge in [0, 0.05) is 12.6 Å². The Balaban J connectivity index is 3.36. The number of nitrogens with one attached hydrogen (secondary N) is 1. The van der Waals surface area contributed by atoms with Crippen molar-refractivity contribution in [1.29, 1.82) is 0 Å². The quantitative estimate of drug-likeness (QED) is 0.555. The second-order valence-corrected chi connectivity index (χ2v) is 2.41. The van der Waals surface area contributed by atoms with Crippen molar-refractivity contribution in [3.63, 3.8) is 0 Å². The average Bonchev–Trinajstić information content (AvgIpc) is 1.68. The van der Waals surface area contributed by atoms with Crippen LogP contribution in [0, 0.1) is 7.05 Å². The van der Waals surface area contributed by atoms with E-state index < -0.39 is 0 Å². The molecular weight excluding hydrogens is 86.1 g/mol. The van der Waals surface area contributed by atoms with E-state index >= 15 is 0 Å². The summed E-state index contributed by atoms with van der Waals surface area (Å²) in [6.45, 7) is 6.39. The Morgan fingerprint density at radius 1 is 1.57 bits per heavy atom. The second kappa shape index (κ2) is 2.31. The fraction of sp³-hybridized carbons (Fsp3) is 0.833. The third kappa shape index (κ3) is 2.63. The molecule has 0 aliphatic heterocycles. The molecule has 0 saturated carbocycles. The molecule has 43 valence electrons. The maximum Gasteiger partial charge on any atom is 0.0123 e. The highest BCUT2D eigenvalue weighted by Gasteiger charge is 2.08. The van der Waals surface area contributed by atoms with E-state index in [-0.39, 0.29) is 5.54 Å². The van der Waals surface area contributed by atoms with E-state index in [1.54, 1.807) is 0 Å². The van der Waals surface area contributed by atoms with Gasteiger partial charge in [-0.15, -0.1) is 0 Å². The third-order valence-corrected chi connectivity index (χ3v) is 1.36. The van der Waals surface area contributed by atoms with Crippen LogP contribution >= 0.6 is 0 Å². The minimum atomic E-state index is 0.222. The standard InChI is InChI=1S/C6H14N/c1-5-6(2,3)7-4/h7H,4-5H2,1-3H3. The highest BCUT2D eigenvalue weighted by molar-refractivity contribution is 4.73. The van der Waals surface area contributed by atoms with Crippen molar-refractivity contribution in [2.45, 2.75) is 32.7 Å². The summed E-state index contributed by atoms with van der Waals surface area (Å²) in [7, 11) is 3.58. The second-order valence-electron chi connectivity index (χ2n) is 2.41. The van der Waals surface area contributed by atoms with Crippen LogP contribution in [0.2, 0.25) is 0 Å². The molecule has 0 fully saturated rings. The van der Waals surface area contributed by atoms with Crippen LogP contribution in [0.15, 0.2) is 0 Å². The van der Waals surface area contributed by atoms with Crippen molar-refractivity contribution in [2.75, 3.05) is 0 Å². The van der Waals surface area contributed by atoms with E-state index in [0.29, 0.717) is 0 Å². The van der Waals surface area contributed by atoms with Crippen LogP contribution in [-0.2, 0) is 0 Å². The first-order chi connectivity index (χ1) is 3.12. The summed E-state index contributed by atoms with van der Waals surface area (Å²) in [6, 6.07) is 0. The molecule has 0 atom stereocenters. The van der Waals surface area contributed by atoms with Gasteiger partial charge in [-0.05, 0) is 20.3 Å². The third-order valence-electron chi connectivity index (χ3n) is 1.36. The van der Waals surface area contributed by atoms with Gasteiger partial charge in [-0.25, -0.2) is 0 Å². The van der Waals surface area contributed by atoms with Gasteiger partial charge in [-0.3, -0.25) is 0 Å². The van der Waals surface area contributed by atoms with Gasteiger partial charge >= 0.3 is 0 Å². The van der Waals surface area contributed by atoms with Crippen molar-refractivity contribution < 1.29 is 0 Å². The van der Waals surface area contributed by atoms with Gasteiger partial charge in [-0.2, -0.15) is 0 Å². The average molecular weight is 100 g/mol. The summed E-state index contributed by atoms with van der Waals surface area (Å²) in [5.41, 5.74) is 0.222. The lowest BCUT2D eigenvalue weighted by molar-refractivity contribution is 0.426. The highest BCUT2D eigenvalue weighted by atomic mass is 14.9. The molecule has 0 aromatic rings. The van der Waals surface area contributed by atoms with E-state index in [0.717, 1.165) is 6.42 Å². The molecule has 0 saturated heterocycles. The topological polar surface area (TPSA) is 12.0 Å². The molecule has 1 radical (unpaired) electrons. The zero-order valence-corrected chi connectivity index (χ0v) is 5.41. The van der Waals surface area contributed by atoms with Crippen LogP contribution in [0.3, 0.4) is 0 Å². The van der Waals surface area contributed by atoms with Crippen LogP contribution in [0.25, 0.3) is 0 Å². The summed E-state index contributed by atoms with van der Waals surface area (Å²) in [5, 5.41) is 2.94. The molecule has 0 amide bonds. The minimum Gasteiger partial charge on any atom is -0.311 e. The van der Waals surface area contributed by atoms with E-state index in [2.05, 4.69) is 33.1 Å². The normalized spacial score (nSPS) is 12.0. The lowest BCUT2D eigenvalue weighted by atomic mass is 10.0. The number of rotatable bonds is 2. The van der Waals surface area contributed by atoms with Gasteiger partial charge in [-0.1, -0.05) is 6.92 Å². The minimum absolute atomic E-state index is 0.222. The first-order valence-corrected chi connectivity index (χ1v) is 2.66. The maximum atomic E-state index is 3.58. The number of hydrogen-bond acceptors (Lipinski definition) is 1. The smallest absolute Gasteiger partial charge is 0.0123 e. The van der Waals surface area contributed by atoms with Gasteiger partial charge in [0.25, 0.3) is 0 Å². The Morgan fingerprint density at radius 2 is 2.00 bits per heavy atom. The van der Waals surface area contributed by atoms with Crippen LogP contribution in [-0.4, -0.2) is 5.54 Å². The molecule has 1 nitrogen and oxygen atoms in total. The van der Waals surface area contributed by atoms with Crippen molar-refractivity contribution >= 4 is 0 Å². The van der Waals surface area contributed by atoms with Crippen LogP contribution in [0.4, 0.5) is 0 Å². The van der Waals surface area contributed by atoms with Crippen molar-refractivity contribution in [3.05, 3.63) is 7.05 Å². The molecule has 0 aliphatic carbocycles. The van der Waals surface area contributed by atoms with E-state index in [9.17, 15) is 0 Å². The predicted octanol–water partition coefficient (Wildman–Crippen LogP) is 1.56. The van der Waals surface area contributed by atoms with Crippen LogP contribution in [0.5, 0.6) is 0 Å². The van der Waals surface area contributed by atoms with E-state index in [1.807, 2.05) is 0 Å². The molecule has 0 aliphatic rings. The maximum absolute atomic E-state index is 3.58. The molecule has 0 bridgehead atoms.